The van der Waals surface area contributed by atoms with Gasteiger partial charge >= 0.3 is 0 Å². The van der Waals surface area contributed by atoms with E-state index in [1.54, 1.807) is 25.1 Å². The third-order valence-electron chi connectivity index (χ3n) is 2.85. The molecule has 3 nitrogen and oxygen atoms in total. The minimum Gasteiger partial charge on any atom is -0.388 e. The molecule has 2 N–H and O–H groups in total. The van der Waals surface area contributed by atoms with Crippen LogP contribution in [0.2, 0.25) is 5.02 Å². The van der Waals surface area contributed by atoms with Crippen LogP contribution in [-0.2, 0) is 0 Å². The van der Waals surface area contributed by atoms with Gasteiger partial charge in [-0.2, -0.15) is 0 Å². The molecule has 0 saturated heterocycles. The van der Waals surface area contributed by atoms with Gasteiger partial charge in [0.25, 0.3) is 5.91 Å². The highest BCUT2D eigenvalue weighted by Crippen LogP contribution is 2.17. The third kappa shape index (κ3) is 4.31. The van der Waals surface area contributed by atoms with Crippen LogP contribution in [0.4, 0.5) is 0 Å². The van der Waals surface area contributed by atoms with Gasteiger partial charge in [0.2, 0.25) is 0 Å². The SMILES string of the molecule is CCCC(C)(O)CNC(=O)c1ccc(C)c(Cl)c1. The normalized spacial score (nSPS) is 14.1. The van der Waals surface area contributed by atoms with Crippen LogP contribution < -0.4 is 5.32 Å². The number of hydrogen-bond acceptors (Lipinski definition) is 2. The summed E-state index contributed by atoms with van der Waals surface area (Å²) >= 11 is 5.97. The van der Waals surface area contributed by atoms with Crippen LogP contribution in [-0.4, -0.2) is 23.2 Å². The zero-order valence-corrected chi connectivity index (χ0v) is 11.8. The van der Waals surface area contributed by atoms with Crippen molar-refractivity contribution < 1.29 is 9.90 Å². The predicted octanol–water partition coefficient (Wildman–Crippen LogP) is 2.93. The van der Waals surface area contributed by atoms with E-state index in [-0.39, 0.29) is 12.5 Å². The van der Waals surface area contributed by atoms with E-state index >= 15 is 0 Å². The molecule has 4 heteroatoms. The first kappa shape index (κ1) is 15.0. The summed E-state index contributed by atoms with van der Waals surface area (Å²) in [6.07, 6.45) is 1.53. The first-order valence-electron chi connectivity index (χ1n) is 6.12. The molecule has 0 saturated carbocycles. The van der Waals surface area contributed by atoms with Crippen molar-refractivity contribution in [2.45, 2.75) is 39.2 Å². The van der Waals surface area contributed by atoms with Crippen molar-refractivity contribution in [2.24, 2.45) is 0 Å². The van der Waals surface area contributed by atoms with Gasteiger partial charge in [-0.3, -0.25) is 4.79 Å². The Hall–Kier alpha value is -1.06. The molecule has 0 aromatic heterocycles. The van der Waals surface area contributed by atoms with Gasteiger partial charge in [-0.15, -0.1) is 0 Å². The number of halogens is 1. The monoisotopic (exact) mass is 269 g/mol. The molecule has 1 aromatic carbocycles. The van der Waals surface area contributed by atoms with Crippen molar-refractivity contribution in [2.75, 3.05) is 6.54 Å². The number of carbonyl (C=O) groups is 1. The zero-order chi connectivity index (χ0) is 13.8. The lowest BCUT2D eigenvalue weighted by atomic mass is 10.0. The lowest BCUT2D eigenvalue weighted by Crippen LogP contribution is -2.40. The van der Waals surface area contributed by atoms with Gasteiger partial charge < -0.3 is 10.4 Å². The Morgan fingerprint density at radius 3 is 2.72 bits per heavy atom. The smallest absolute Gasteiger partial charge is 0.251 e. The van der Waals surface area contributed by atoms with Crippen LogP contribution in [0.15, 0.2) is 18.2 Å². The molecule has 1 aromatic rings. The van der Waals surface area contributed by atoms with Crippen molar-refractivity contribution in [3.63, 3.8) is 0 Å². The van der Waals surface area contributed by atoms with E-state index < -0.39 is 5.60 Å². The van der Waals surface area contributed by atoms with Crippen LogP contribution in [0.3, 0.4) is 0 Å². The molecule has 18 heavy (non-hydrogen) atoms. The molecule has 0 heterocycles. The van der Waals surface area contributed by atoms with Crippen LogP contribution in [0.1, 0.15) is 42.6 Å². The quantitative estimate of drug-likeness (QED) is 0.863. The van der Waals surface area contributed by atoms with Crippen LogP contribution in [0, 0.1) is 6.92 Å². The lowest BCUT2D eigenvalue weighted by molar-refractivity contribution is 0.0469. The number of rotatable bonds is 5. The van der Waals surface area contributed by atoms with Crippen LogP contribution >= 0.6 is 11.6 Å². The fourth-order valence-electron chi connectivity index (χ4n) is 1.73. The standard InChI is InChI=1S/C14H20ClNO2/c1-4-7-14(3,18)9-16-13(17)11-6-5-10(2)12(15)8-11/h5-6,8,18H,4,7,9H2,1-3H3,(H,16,17). The molecule has 0 aliphatic heterocycles. The first-order valence-corrected chi connectivity index (χ1v) is 6.50. The third-order valence-corrected chi connectivity index (χ3v) is 3.26. The largest absolute Gasteiger partial charge is 0.388 e. The Bertz CT molecular complexity index is 430. The highest BCUT2D eigenvalue weighted by molar-refractivity contribution is 6.31. The van der Waals surface area contributed by atoms with E-state index in [1.807, 2.05) is 13.8 Å². The summed E-state index contributed by atoms with van der Waals surface area (Å²) in [5.41, 5.74) is 0.586. The Balaban J connectivity index is 2.63. The summed E-state index contributed by atoms with van der Waals surface area (Å²) < 4.78 is 0. The molecule has 0 bridgehead atoms. The van der Waals surface area contributed by atoms with Gasteiger partial charge in [-0.25, -0.2) is 0 Å². The Morgan fingerprint density at radius 2 is 2.17 bits per heavy atom. The Kier molecular flexibility index (Phi) is 5.17. The highest BCUT2D eigenvalue weighted by atomic mass is 35.5. The molecule has 0 aliphatic carbocycles. The maximum Gasteiger partial charge on any atom is 0.251 e. The number of nitrogens with one attached hydrogen (secondary N) is 1. The van der Waals surface area contributed by atoms with Crippen molar-refractivity contribution in [1.29, 1.82) is 0 Å². The van der Waals surface area contributed by atoms with E-state index in [0.29, 0.717) is 17.0 Å². The van der Waals surface area contributed by atoms with E-state index in [4.69, 9.17) is 11.6 Å². The number of hydrogen-bond donors (Lipinski definition) is 2. The summed E-state index contributed by atoms with van der Waals surface area (Å²) in [7, 11) is 0. The second-order valence-corrected chi connectivity index (χ2v) is 5.30. The summed E-state index contributed by atoms with van der Waals surface area (Å²) in [6, 6.07) is 5.17. The molecule has 1 rings (SSSR count). The molecular weight excluding hydrogens is 250 g/mol. The fraction of sp³-hybridized carbons (Fsp3) is 0.500. The Labute approximate surface area is 113 Å². The van der Waals surface area contributed by atoms with Gasteiger partial charge in [0.15, 0.2) is 0 Å². The number of amides is 1. The van der Waals surface area contributed by atoms with Crippen LogP contribution in [0.25, 0.3) is 0 Å². The van der Waals surface area contributed by atoms with Crippen molar-refractivity contribution in [3.05, 3.63) is 34.3 Å². The number of benzene rings is 1. The van der Waals surface area contributed by atoms with E-state index in [2.05, 4.69) is 5.32 Å². The molecule has 1 amide bonds. The fourth-order valence-corrected chi connectivity index (χ4v) is 1.91. The zero-order valence-electron chi connectivity index (χ0n) is 11.1. The van der Waals surface area contributed by atoms with Gasteiger partial charge in [0.05, 0.1) is 5.60 Å². The number of aryl methyl sites for hydroxylation is 1. The summed E-state index contributed by atoms with van der Waals surface area (Å²) in [6.45, 7) is 5.84. The second kappa shape index (κ2) is 6.21. The summed E-state index contributed by atoms with van der Waals surface area (Å²) in [4.78, 5) is 11.9. The number of aliphatic hydroxyl groups is 1. The molecular formula is C14H20ClNO2. The second-order valence-electron chi connectivity index (χ2n) is 4.89. The molecule has 0 radical (unpaired) electrons. The van der Waals surface area contributed by atoms with E-state index in [9.17, 15) is 9.90 Å². The predicted molar refractivity (Wildman–Crippen MR) is 74.1 cm³/mol. The van der Waals surface area contributed by atoms with E-state index in [1.165, 1.54) is 0 Å². The number of carbonyl (C=O) groups excluding carboxylic acids is 1. The maximum absolute atomic E-state index is 11.9. The topological polar surface area (TPSA) is 49.3 Å². The summed E-state index contributed by atoms with van der Waals surface area (Å²) in [5.74, 6) is -0.215. The van der Waals surface area contributed by atoms with Gasteiger partial charge in [0, 0.05) is 17.1 Å². The van der Waals surface area contributed by atoms with Crippen LogP contribution in [0.5, 0.6) is 0 Å². The molecule has 0 fully saturated rings. The molecule has 1 unspecified atom stereocenters. The summed E-state index contributed by atoms with van der Waals surface area (Å²) in [5, 5.41) is 13.3. The van der Waals surface area contributed by atoms with E-state index in [0.717, 1.165) is 12.0 Å². The molecule has 1 atom stereocenters. The average molecular weight is 270 g/mol. The lowest BCUT2D eigenvalue weighted by Gasteiger charge is -2.22. The Morgan fingerprint density at radius 1 is 1.50 bits per heavy atom. The molecule has 100 valence electrons. The maximum atomic E-state index is 11.9. The molecule has 0 spiro atoms. The molecule has 0 aliphatic rings. The minimum atomic E-state index is -0.862. The first-order chi connectivity index (χ1) is 8.35. The van der Waals surface area contributed by atoms with Crippen molar-refractivity contribution >= 4 is 17.5 Å². The van der Waals surface area contributed by atoms with Crippen molar-refractivity contribution in [1.82, 2.24) is 5.32 Å². The van der Waals surface area contributed by atoms with Gasteiger partial charge in [-0.1, -0.05) is 31.0 Å². The average Bonchev–Trinajstić information content (AvgIpc) is 2.30. The van der Waals surface area contributed by atoms with Gasteiger partial charge in [0.1, 0.15) is 0 Å². The highest BCUT2D eigenvalue weighted by Gasteiger charge is 2.20. The van der Waals surface area contributed by atoms with Crippen molar-refractivity contribution in [3.8, 4) is 0 Å². The minimum absolute atomic E-state index is 0.215. The van der Waals surface area contributed by atoms with Gasteiger partial charge in [-0.05, 0) is 38.0 Å².